The van der Waals surface area contributed by atoms with Crippen molar-refractivity contribution in [3.8, 4) is 11.3 Å². The Hall–Kier alpha value is -2.22. The first-order chi connectivity index (χ1) is 13.7. The molecule has 2 heteroatoms. The van der Waals surface area contributed by atoms with Crippen LogP contribution in [0.15, 0.2) is 42.6 Å². The van der Waals surface area contributed by atoms with E-state index in [0.29, 0.717) is 5.92 Å². The highest BCUT2D eigenvalue weighted by atomic mass is 19.1. The zero-order valence-corrected chi connectivity index (χ0v) is 18.9. The van der Waals surface area contributed by atoms with Crippen molar-refractivity contribution in [2.45, 2.75) is 78.2 Å². The summed E-state index contributed by atoms with van der Waals surface area (Å²) in [6.07, 6.45) is 4.27. The van der Waals surface area contributed by atoms with Crippen molar-refractivity contribution < 1.29 is 8.96 Å². The van der Waals surface area contributed by atoms with Crippen molar-refractivity contribution in [2.24, 2.45) is 0 Å². The molecule has 3 aromatic rings. The number of benzene rings is 2. The second-order valence-electron chi connectivity index (χ2n) is 9.45. The minimum absolute atomic E-state index is 0.0715. The number of pyridine rings is 1. The third-order valence-corrected chi connectivity index (χ3v) is 7.93. The minimum Gasteiger partial charge on any atom is -0.207 e. The highest BCUT2D eigenvalue weighted by molar-refractivity contribution is 5.98. The van der Waals surface area contributed by atoms with E-state index in [1.807, 2.05) is 6.07 Å². The zero-order chi connectivity index (χ0) is 21.1. The van der Waals surface area contributed by atoms with Gasteiger partial charge in [0.25, 0.3) is 0 Å². The van der Waals surface area contributed by atoms with Gasteiger partial charge in [-0.2, -0.15) is 4.57 Å². The van der Waals surface area contributed by atoms with Crippen LogP contribution in [0.3, 0.4) is 0 Å². The van der Waals surface area contributed by atoms with Gasteiger partial charge in [-0.1, -0.05) is 45.9 Å². The molecule has 0 bridgehead atoms. The standard InChI is InChI=1S/C27H33FN/c1-8-26(6)23-13-11-19(28)16-22(23)25-24-20(17(3)4)12-10-18(5)21(24)14-15-29(25)27(26,7)9-2/h10-17H,8-9H2,1-7H3/q+1. The summed E-state index contributed by atoms with van der Waals surface area (Å²) < 4.78 is 17.0. The molecular formula is C27H33FN+. The second-order valence-corrected chi connectivity index (χ2v) is 9.45. The van der Waals surface area contributed by atoms with Crippen LogP contribution in [0.1, 0.15) is 77.0 Å². The number of hydrogen-bond acceptors (Lipinski definition) is 0. The van der Waals surface area contributed by atoms with Crippen LogP contribution in [0.5, 0.6) is 0 Å². The van der Waals surface area contributed by atoms with E-state index >= 15 is 0 Å². The number of nitrogens with zero attached hydrogens (tertiary/aromatic N) is 1. The average molecular weight is 391 g/mol. The SMILES string of the molecule is CCC1(C)c2ccc(F)cc2-c2c3c(C(C)C)ccc(C)c3cc[n+]2C1(C)CC. The minimum atomic E-state index is -0.162. The first-order valence-electron chi connectivity index (χ1n) is 11.0. The fourth-order valence-electron chi connectivity index (χ4n) is 5.60. The Bertz CT molecular complexity index is 1110. The van der Waals surface area contributed by atoms with E-state index in [4.69, 9.17) is 0 Å². The predicted molar refractivity (Wildman–Crippen MR) is 120 cm³/mol. The molecule has 0 radical (unpaired) electrons. The quantitative estimate of drug-likeness (QED) is 0.417. The number of hydrogen-bond donors (Lipinski definition) is 0. The maximum Gasteiger partial charge on any atom is 0.221 e. The second kappa shape index (κ2) is 6.65. The first kappa shape index (κ1) is 20.1. The van der Waals surface area contributed by atoms with Gasteiger partial charge in [-0.15, -0.1) is 0 Å². The Kier molecular flexibility index (Phi) is 4.60. The number of aromatic nitrogens is 1. The Morgan fingerprint density at radius 1 is 1.00 bits per heavy atom. The molecule has 1 aliphatic heterocycles. The lowest BCUT2D eigenvalue weighted by Gasteiger charge is -2.46. The lowest BCUT2D eigenvalue weighted by Crippen LogP contribution is -2.67. The normalized spacial score (nSPS) is 23.3. The Morgan fingerprint density at radius 3 is 2.34 bits per heavy atom. The van der Waals surface area contributed by atoms with Crippen LogP contribution in [0.4, 0.5) is 4.39 Å². The van der Waals surface area contributed by atoms with Crippen LogP contribution in [-0.4, -0.2) is 0 Å². The number of aryl methyl sites for hydroxylation is 1. The molecule has 2 atom stereocenters. The number of fused-ring (bicyclic) bond motifs is 5. The highest BCUT2D eigenvalue weighted by Gasteiger charge is 2.56. The van der Waals surface area contributed by atoms with Crippen LogP contribution in [0.25, 0.3) is 22.0 Å². The molecular weight excluding hydrogens is 357 g/mol. The fourth-order valence-corrected chi connectivity index (χ4v) is 5.60. The molecule has 0 amide bonds. The number of halogens is 1. The third-order valence-electron chi connectivity index (χ3n) is 7.93. The molecule has 0 N–H and O–H groups in total. The molecule has 2 aromatic carbocycles. The van der Waals surface area contributed by atoms with Gasteiger partial charge in [0, 0.05) is 19.4 Å². The molecule has 0 fully saturated rings. The van der Waals surface area contributed by atoms with Crippen LogP contribution in [0, 0.1) is 12.7 Å². The summed E-state index contributed by atoms with van der Waals surface area (Å²) in [4.78, 5) is 0. The maximum atomic E-state index is 14.5. The molecule has 2 unspecified atom stereocenters. The monoisotopic (exact) mass is 390 g/mol. The van der Waals surface area contributed by atoms with Gasteiger partial charge < -0.3 is 0 Å². The highest BCUT2D eigenvalue weighted by Crippen LogP contribution is 2.51. The van der Waals surface area contributed by atoms with E-state index in [-0.39, 0.29) is 16.8 Å². The fraction of sp³-hybridized carbons (Fsp3) is 0.444. The van der Waals surface area contributed by atoms with Gasteiger partial charge >= 0.3 is 0 Å². The van der Waals surface area contributed by atoms with Crippen molar-refractivity contribution in [1.82, 2.24) is 0 Å². The van der Waals surface area contributed by atoms with E-state index < -0.39 is 0 Å². The third kappa shape index (κ3) is 2.54. The molecule has 1 aromatic heterocycles. The summed E-state index contributed by atoms with van der Waals surface area (Å²) in [5, 5.41) is 2.56. The molecule has 0 aliphatic carbocycles. The molecule has 1 nitrogen and oxygen atoms in total. The van der Waals surface area contributed by atoms with E-state index in [1.54, 1.807) is 12.1 Å². The van der Waals surface area contributed by atoms with Crippen LogP contribution >= 0.6 is 0 Å². The Balaban J connectivity index is 2.28. The lowest BCUT2D eigenvalue weighted by atomic mass is 9.60. The molecule has 4 rings (SSSR count). The Labute approximate surface area is 174 Å². The molecule has 0 saturated carbocycles. The summed E-state index contributed by atoms with van der Waals surface area (Å²) in [6, 6.07) is 12.2. The topological polar surface area (TPSA) is 3.88 Å². The van der Waals surface area contributed by atoms with Crippen LogP contribution in [0.2, 0.25) is 0 Å². The van der Waals surface area contributed by atoms with Gasteiger partial charge in [-0.3, -0.25) is 0 Å². The lowest BCUT2D eigenvalue weighted by molar-refractivity contribution is -0.764. The molecule has 0 spiro atoms. The zero-order valence-electron chi connectivity index (χ0n) is 18.9. The summed E-state index contributed by atoms with van der Waals surface area (Å²) in [7, 11) is 0. The van der Waals surface area contributed by atoms with E-state index in [9.17, 15) is 4.39 Å². The molecule has 29 heavy (non-hydrogen) atoms. The summed E-state index contributed by atoms with van der Waals surface area (Å²) in [5.74, 6) is 0.235. The van der Waals surface area contributed by atoms with Crippen LogP contribution < -0.4 is 4.57 Å². The first-order valence-corrected chi connectivity index (χ1v) is 11.0. The van der Waals surface area contributed by atoms with Crippen molar-refractivity contribution in [3.05, 3.63) is 65.1 Å². The van der Waals surface area contributed by atoms with Crippen molar-refractivity contribution in [1.29, 1.82) is 0 Å². The summed E-state index contributed by atoms with van der Waals surface area (Å²) in [5.41, 5.74) is 5.95. The number of rotatable bonds is 3. The average Bonchev–Trinajstić information content (AvgIpc) is 2.71. The smallest absolute Gasteiger partial charge is 0.207 e. The Morgan fingerprint density at radius 2 is 1.72 bits per heavy atom. The molecule has 2 heterocycles. The van der Waals surface area contributed by atoms with Gasteiger partial charge in [0.15, 0.2) is 11.7 Å². The molecule has 0 saturated heterocycles. The van der Waals surface area contributed by atoms with Gasteiger partial charge in [-0.25, -0.2) is 4.39 Å². The van der Waals surface area contributed by atoms with Crippen molar-refractivity contribution >= 4 is 10.8 Å². The van der Waals surface area contributed by atoms with E-state index in [1.165, 1.54) is 33.2 Å². The van der Waals surface area contributed by atoms with Gasteiger partial charge in [0.2, 0.25) is 5.69 Å². The summed E-state index contributed by atoms with van der Waals surface area (Å²) >= 11 is 0. The largest absolute Gasteiger partial charge is 0.221 e. The van der Waals surface area contributed by atoms with Gasteiger partial charge in [-0.05, 0) is 60.4 Å². The van der Waals surface area contributed by atoms with Crippen molar-refractivity contribution in [2.75, 3.05) is 0 Å². The van der Waals surface area contributed by atoms with Crippen molar-refractivity contribution in [3.63, 3.8) is 0 Å². The van der Waals surface area contributed by atoms with E-state index in [0.717, 1.165) is 18.4 Å². The molecule has 1 aliphatic rings. The maximum absolute atomic E-state index is 14.5. The molecule has 152 valence electrons. The van der Waals surface area contributed by atoms with Crippen LogP contribution in [-0.2, 0) is 11.0 Å². The van der Waals surface area contributed by atoms with Gasteiger partial charge in [0.1, 0.15) is 5.82 Å². The predicted octanol–water partition coefficient (Wildman–Crippen LogP) is 7.17. The van der Waals surface area contributed by atoms with Gasteiger partial charge in [0.05, 0.1) is 16.4 Å². The van der Waals surface area contributed by atoms with E-state index in [2.05, 4.69) is 77.4 Å². The summed E-state index contributed by atoms with van der Waals surface area (Å²) in [6.45, 7) is 15.9.